The molecule has 0 bridgehead atoms. The zero-order chi connectivity index (χ0) is 20.0. The van der Waals surface area contributed by atoms with Crippen molar-refractivity contribution >= 4 is 23.6 Å². The predicted octanol–water partition coefficient (Wildman–Crippen LogP) is 3.52. The molecule has 0 radical (unpaired) electrons. The Kier molecular flexibility index (Phi) is 6.60. The van der Waals surface area contributed by atoms with Crippen LogP contribution in [0.3, 0.4) is 0 Å². The predicted molar refractivity (Wildman–Crippen MR) is 104 cm³/mol. The number of methoxy groups -OCH3 is 1. The number of carbonyl (C=O) groups is 2. The quantitative estimate of drug-likeness (QED) is 0.601. The summed E-state index contributed by atoms with van der Waals surface area (Å²) < 4.78 is 9.96. The Bertz CT molecular complexity index is 863. The Labute approximate surface area is 158 Å². The van der Waals surface area contributed by atoms with Crippen LogP contribution in [0, 0.1) is 20.8 Å². The number of anilines is 1. The van der Waals surface area contributed by atoms with Gasteiger partial charge in [-0.1, -0.05) is 23.8 Å². The van der Waals surface area contributed by atoms with Gasteiger partial charge >= 0.3 is 5.97 Å². The minimum absolute atomic E-state index is 0.00981. The number of carbonyl (C=O) groups excluding carboxylic acids is 2. The number of phenolic OH excluding ortho intramolecular Hbond substituents is 1. The highest BCUT2D eigenvalue weighted by Gasteiger charge is 2.10. The van der Waals surface area contributed by atoms with Crippen LogP contribution < -0.4 is 10.1 Å². The fourth-order valence-corrected chi connectivity index (χ4v) is 2.70. The van der Waals surface area contributed by atoms with Crippen LogP contribution in [0.5, 0.6) is 11.5 Å². The number of hydrogen-bond acceptors (Lipinski definition) is 5. The molecule has 0 saturated heterocycles. The van der Waals surface area contributed by atoms with Crippen molar-refractivity contribution in [2.24, 2.45) is 0 Å². The molecule has 1 amide bonds. The van der Waals surface area contributed by atoms with Crippen LogP contribution in [0.15, 0.2) is 36.4 Å². The van der Waals surface area contributed by atoms with E-state index < -0.39 is 11.9 Å². The van der Waals surface area contributed by atoms with Crippen LogP contribution in [-0.4, -0.2) is 30.7 Å². The summed E-state index contributed by atoms with van der Waals surface area (Å²) in [5.74, 6) is -0.739. The number of esters is 1. The van der Waals surface area contributed by atoms with Crippen LogP contribution in [0.2, 0.25) is 0 Å². The summed E-state index contributed by atoms with van der Waals surface area (Å²) in [5.41, 5.74) is 4.40. The average Bonchev–Trinajstić information content (AvgIpc) is 2.62. The van der Waals surface area contributed by atoms with Gasteiger partial charge in [-0.15, -0.1) is 0 Å². The van der Waals surface area contributed by atoms with Crippen molar-refractivity contribution in [1.29, 1.82) is 0 Å². The summed E-state index contributed by atoms with van der Waals surface area (Å²) in [6, 6.07) is 8.61. The first-order valence-corrected chi connectivity index (χ1v) is 8.39. The maximum absolute atomic E-state index is 12.0. The Balaban J connectivity index is 1.91. The Morgan fingerprint density at radius 3 is 2.41 bits per heavy atom. The van der Waals surface area contributed by atoms with Gasteiger partial charge in [0.05, 0.1) is 7.11 Å². The SMILES string of the molecule is COc1cc(/C=C/C(=O)OCC(=O)Nc2c(C)cc(C)cc2C)ccc1O. The fourth-order valence-electron chi connectivity index (χ4n) is 2.70. The van der Waals surface area contributed by atoms with Crippen molar-refractivity contribution in [2.45, 2.75) is 20.8 Å². The molecule has 0 unspecified atom stereocenters. The highest BCUT2D eigenvalue weighted by molar-refractivity contribution is 5.95. The van der Waals surface area contributed by atoms with E-state index in [1.54, 1.807) is 12.1 Å². The van der Waals surface area contributed by atoms with E-state index in [4.69, 9.17) is 9.47 Å². The molecule has 0 aromatic heterocycles. The second kappa shape index (κ2) is 8.89. The molecule has 2 aromatic carbocycles. The highest BCUT2D eigenvalue weighted by Crippen LogP contribution is 2.26. The van der Waals surface area contributed by atoms with Crippen molar-refractivity contribution < 1.29 is 24.2 Å². The molecule has 0 aliphatic carbocycles. The van der Waals surface area contributed by atoms with E-state index in [9.17, 15) is 14.7 Å². The summed E-state index contributed by atoms with van der Waals surface area (Å²) in [7, 11) is 1.44. The molecule has 142 valence electrons. The molecule has 2 N–H and O–H groups in total. The molecule has 6 heteroatoms. The van der Waals surface area contributed by atoms with Gasteiger partial charge in [-0.05, 0) is 55.7 Å². The van der Waals surface area contributed by atoms with Gasteiger partial charge in [-0.3, -0.25) is 4.79 Å². The van der Waals surface area contributed by atoms with Gasteiger partial charge in [0.1, 0.15) is 0 Å². The number of hydrogen-bond donors (Lipinski definition) is 2. The normalized spacial score (nSPS) is 10.7. The van der Waals surface area contributed by atoms with Crippen molar-refractivity contribution in [3.63, 3.8) is 0 Å². The molecule has 0 spiro atoms. The second-order valence-corrected chi connectivity index (χ2v) is 6.19. The first-order chi connectivity index (χ1) is 12.8. The van der Waals surface area contributed by atoms with Crippen molar-refractivity contribution in [3.8, 4) is 11.5 Å². The number of rotatable bonds is 6. The first kappa shape index (κ1) is 20.0. The topological polar surface area (TPSA) is 84.9 Å². The minimum atomic E-state index is -0.644. The monoisotopic (exact) mass is 369 g/mol. The van der Waals surface area contributed by atoms with Crippen LogP contribution in [0.1, 0.15) is 22.3 Å². The fraction of sp³-hybridized carbons (Fsp3) is 0.238. The van der Waals surface area contributed by atoms with E-state index in [0.717, 1.165) is 22.4 Å². The Hall–Kier alpha value is -3.28. The van der Waals surface area contributed by atoms with Gasteiger partial charge in [0, 0.05) is 11.8 Å². The van der Waals surface area contributed by atoms with Gasteiger partial charge in [-0.25, -0.2) is 4.79 Å². The lowest BCUT2D eigenvalue weighted by Gasteiger charge is -2.12. The van der Waals surface area contributed by atoms with E-state index in [0.29, 0.717) is 11.3 Å². The lowest BCUT2D eigenvalue weighted by atomic mass is 10.1. The first-order valence-electron chi connectivity index (χ1n) is 8.39. The van der Waals surface area contributed by atoms with Gasteiger partial charge in [0.15, 0.2) is 18.1 Å². The van der Waals surface area contributed by atoms with E-state index >= 15 is 0 Å². The summed E-state index contributed by atoms with van der Waals surface area (Å²) in [5, 5.41) is 12.3. The zero-order valence-electron chi connectivity index (χ0n) is 15.8. The Morgan fingerprint density at radius 1 is 1.11 bits per heavy atom. The molecular weight excluding hydrogens is 346 g/mol. The summed E-state index contributed by atoms with van der Waals surface area (Å²) >= 11 is 0. The number of aryl methyl sites for hydroxylation is 3. The lowest BCUT2D eigenvalue weighted by molar-refractivity contribution is -0.142. The molecule has 0 atom stereocenters. The van der Waals surface area contributed by atoms with Crippen LogP contribution in [0.4, 0.5) is 5.69 Å². The number of phenols is 1. The van der Waals surface area contributed by atoms with Crippen molar-refractivity contribution in [2.75, 3.05) is 19.0 Å². The maximum Gasteiger partial charge on any atom is 0.331 e. The van der Waals surface area contributed by atoms with Crippen LogP contribution in [0.25, 0.3) is 6.08 Å². The van der Waals surface area contributed by atoms with E-state index in [2.05, 4.69) is 5.32 Å². The molecule has 0 heterocycles. The standard InChI is InChI=1S/C21H23NO5/c1-13-9-14(2)21(15(3)10-13)22-19(24)12-27-20(25)8-6-16-5-7-17(23)18(11-16)26-4/h5-11,23H,12H2,1-4H3,(H,22,24)/b8-6+. The zero-order valence-corrected chi connectivity index (χ0v) is 15.8. The molecule has 0 aliphatic rings. The van der Waals surface area contributed by atoms with Gasteiger partial charge in [0.25, 0.3) is 5.91 Å². The number of benzene rings is 2. The lowest BCUT2D eigenvalue weighted by Crippen LogP contribution is -2.21. The molecular formula is C21H23NO5. The summed E-state index contributed by atoms with van der Waals surface area (Å²) in [4.78, 5) is 23.8. The van der Waals surface area contributed by atoms with E-state index in [1.807, 2.05) is 32.9 Å². The second-order valence-electron chi connectivity index (χ2n) is 6.19. The summed E-state index contributed by atoms with van der Waals surface area (Å²) in [6.07, 6.45) is 2.72. The van der Waals surface area contributed by atoms with Crippen LogP contribution >= 0.6 is 0 Å². The molecule has 0 aliphatic heterocycles. The Morgan fingerprint density at radius 2 is 1.78 bits per heavy atom. The number of amides is 1. The average molecular weight is 369 g/mol. The molecule has 0 fully saturated rings. The van der Waals surface area contributed by atoms with E-state index in [-0.39, 0.29) is 12.4 Å². The number of nitrogens with one attached hydrogen (secondary N) is 1. The third-order valence-electron chi connectivity index (χ3n) is 3.90. The largest absolute Gasteiger partial charge is 0.504 e. The molecule has 27 heavy (non-hydrogen) atoms. The summed E-state index contributed by atoms with van der Waals surface area (Å²) in [6.45, 7) is 5.44. The molecule has 2 aromatic rings. The maximum atomic E-state index is 12.0. The molecule has 0 saturated carbocycles. The smallest absolute Gasteiger partial charge is 0.331 e. The molecule has 2 rings (SSSR count). The number of ether oxygens (including phenoxy) is 2. The van der Waals surface area contributed by atoms with Crippen molar-refractivity contribution in [3.05, 3.63) is 58.7 Å². The number of aromatic hydroxyl groups is 1. The van der Waals surface area contributed by atoms with Crippen LogP contribution in [-0.2, 0) is 14.3 Å². The molecule has 6 nitrogen and oxygen atoms in total. The van der Waals surface area contributed by atoms with Gasteiger partial charge in [0.2, 0.25) is 0 Å². The third-order valence-corrected chi connectivity index (χ3v) is 3.90. The van der Waals surface area contributed by atoms with Crippen molar-refractivity contribution in [1.82, 2.24) is 0 Å². The minimum Gasteiger partial charge on any atom is -0.504 e. The third kappa shape index (κ3) is 5.60. The highest BCUT2D eigenvalue weighted by atomic mass is 16.5. The van der Waals surface area contributed by atoms with Gasteiger partial charge < -0.3 is 19.9 Å². The van der Waals surface area contributed by atoms with E-state index in [1.165, 1.54) is 25.3 Å². The van der Waals surface area contributed by atoms with Gasteiger partial charge in [-0.2, -0.15) is 0 Å².